The van der Waals surface area contributed by atoms with Gasteiger partial charge < -0.3 is 19.5 Å². The third-order valence-corrected chi connectivity index (χ3v) is 2.29. The molecule has 4 heteroatoms. The average molecular weight is 217 g/mol. The zero-order valence-electron chi connectivity index (χ0n) is 9.99. The third-order valence-electron chi connectivity index (χ3n) is 2.29. The number of nitrogens with one attached hydrogen (secondary N) is 1. The van der Waals surface area contributed by atoms with Crippen molar-refractivity contribution in [3.63, 3.8) is 0 Å². The second-order valence-corrected chi connectivity index (χ2v) is 4.04. The predicted molar refractivity (Wildman–Crippen MR) is 58.9 cm³/mol. The fraction of sp³-hybridized carbons (Fsp3) is 1.00. The number of likely N-dealkylation sites (N-methyl/N-ethyl adjacent to an activating group) is 1. The van der Waals surface area contributed by atoms with E-state index in [4.69, 9.17) is 14.2 Å². The van der Waals surface area contributed by atoms with E-state index in [-0.39, 0.29) is 12.4 Å². The van der Waals surface area contributed by atoms with Crippen molar-refractivity contribution in [2.75, 3.05) is 26.4 Å². The Morgan fingerprint density at radius 1 is 1.33 bits per heavy atom. The second-order valence-electron chi connectivity index (χ2n) is 4.04. The first-order chi connectivity index (χ1) is 7.22. The Morgan fingerprint density at radius 2 is 2.00 bits per heavy atom. The smallest absolute Gasteiger partial charge is 0.159 e. The van der Waals surface area contributed by atoms with Crippen LogP contribution in [0.5, 0.6) is 0 Å². The van der Waals surface area contributed by atoms with Gasteiger partial charge in [-0.05, 0) is 20.4 Å². The van der Waals surface area contributed by atoms with Gasteiger partial charge in [0.1, 0.15) is 0 Å². The summed E-state index contributed by atoms with van der Waals surface area (Å²) in [4.78, 5) is 0. The van der Waals surface area contributed by atoms with E-state index in [9.17, 15) is 0 Å². The largest absolute Gasteiger partial charge is 0.377 e. The molecule has 0 amide bonds. The Hall–Kier alpha value is -0.160. The predicted octanol–water partition coefficient (Wildman–Crippen LogP) is 1.15. The molecule has 0 aromatic heterocycles. The topological polar surface area (TPSA) is 39.7 Å². The number of hydrogen-bond acceptors (Lipinski definition) is 4. The van der Waals surface area contributed by atoms with Crippen molar-refractivity contribution in [1.82, 2.24) is 5.32 Å². The summed E-state index contributed by atoms with van der Waals surface area (Å²) in [6.45, 7) is 9.28. The first kappa shape index (κ1) is 12.9. The van der Waals surface area contributed by atoms with Gasteiger partial charge in [-0.3, -0.25) is 0 Å². The second kappa shape index (κ2) is 7.17. The van der Waals surface area contributed by atoms with Gasteiger partial charge in [0.2, 0.25) is 0 Å². The lowest BCUT2D eigenvalue weighted by atomic mass is 10.2. The van der Waals surface area contributed by atoms with E-state index in [0.29, 0.717) is 25.9 Å². The summed E-state index contributed by atoms with van der Waals surface area (Å²) >= 11 is 0. The monoisotopic (exact) mass is 217 g/mol. The lowest BCUT2D eigenvalue weighted by Crippen LogP contribution is -2.37. The molecular weight excluding hydrogens is 194 g/mol. The molecule has 1 unspecified atom stereocenters. The summed E-state index contributed by atoms with van der Waals surface area (Å²) in [7, 11) is 0. The van der Waals surface area contributed by atoms with Gasteiger partial charge in [0.25, 0.3) is 0 Å². The third kappa shape index (κ3) is 5.47. The van der Waals surface area contributed by atoms with Crippen molar-refractivity contribution in [3.8, 4) is 0 Å². The summed E-state index contributed by atoms with van der Waals surface area (Å²) in [5.41, 5.74) is 0. The standard InChI is InChI=1S/C11H23NO3/c1-4-12-10(8-15-9(2)3)7-11-13-5-6-14-11/h9-12H,4-8H2,1-3H3. The minimum atomic E-state index is -0.0511. The zero-order chi connectivity index (χ0) is 11.1. The average Bonchev–Trinajstić information content (AvgIpc) is 2.67. The van der Waals surface area contributed by atoms with Gasteiger partial charge in [-0.25, -0.2) is 0 Å². The van der Waals surface area contributed by atoms with Crippen LogP contribution in [0.15, 0.2) is 0 Å². The fourth-order valence-electron chi connectivity index (χ4n) is 1.58. The molecule has 4 nitrogen and oxygen atoms in total. The lowest BCUT2D eigenvalue weighted by molar-refractivity contribution is -0.0608. The molecule has 15 heavy (non-hydrogen) atoms. The van der Waals surface area contributed by atoms with E-state index in [1.165, 1.54) is 0 Å². The molecule has 0 aromatic rings. The highest BCUT2D eigenvalue weighted by molar-refractivity contribution is 4.69. The van der Waals surface area contributed by atoms with E-state index in [2.05, 4.69) is 12.2 Å². The molecule has 90 valence electrons. The van der Waals surface area contributed by atoms with Gasteiger partial charge in [0.15, 0.2) is 6.29 Å². The van der Waals surface area contributed by atoms with Crippen molar-refractivity contribution in [2.24, 2.45) is 0 Å². The maximum atomic E-state index is 5.59. The van der Waals surface area contributed by atoms with E-state index in [1.54, 1.807) is 0 Å². The number of rotatable bonds is 7. The normalized spacial score (nSPS) is 20.0. The van der Waals surface area contributed by atoms with Gasteiger partial charge in [0.05, 0.1) is 25.9 Å². The van der Waals surface area contributed by atoms with Gasteiger partial charge in [-0.1, -0.05) is 6.92 Å². The first-order valence-electron chi connectivity index (χ1n) is 5.80. The van der Waals surface area contributed by atoms with Crippen LogP contribution in [0.4, 0.5) is 0 Å². The van der Waals surface area contributed by atoms with Crippen LogP contribution in [0.25, 0.3) is 0 Å². The molecule has 1 aliphatic rings. The van der Waals surface area contributed by atoms with Crippen LogP contribution in [-0.4, -0.2) is 44.8 Å². The van der Waals surface area contributed by atoms with Crippen molar-refractivity contribution in [2.45, 2.75) is 45.6 Å². The minimum Gasteiger partial charge on any atom is -0.377 e. The Balaban J connectivity index is 2.22. The van der Waals surface area contributed by atoms with Crippen LogP contribution in [0.3, 0.4) is 0 Å². The molecule has 1 saturated heterocycles. The molecule has 1 atom stereocenters. The summed E-state index contributed by atoms with van der Waals surface area (Å²) in [6.07, 6.45) is 1.09. The van der Waals surface area contributed by atoms with E-state index >= 15 is 0 Å². The Labute approximate surface area is 92.3 Å². The van der Waals surface area contributed by atoms with Crippen LogP contribution in [0.2, 0.25) is 0 Å². The molecule has 0 aliphatic carbocycles. The molecule has 1 N–H and O–H groups in total. The number of hydrogen-bond donors (Lipinski definition) is 1. The highest BCUT2D eigenvalue weighted by Gasteiger charge is 2.21. The Kier molecular flexibility index (Phi) is 6.17. The first-order valence-corrected chi connectivity index (χ1v) is 5.80. The molecule has 0 aromatic carbocycles. The van der Waals surface area contributed by atoms with Gasteiger partial charge in [-0.2, -0.15) is 0 Å². The van der Waals surface area contributed by atoms with Gasteiger partial charge >= 0.3 is 0 Å². The molecular formula is C11H23NO3. The van der Waals surface area contributed by atoms with Crippen molar-refractivity contribution in [3.05, 3.63) is 0 Å². The van der Waals surface area contributed by atoms with Crippen LogP contribution < -0.4 is 5.32 Å². The maximum absolute atomic E-state index is 5.59. The maximum Gasteiger partial charge on any atom is 0.159 e. The molecule has 1 heterocycles. The van der Waals surface area contributed by atoms with Crippen LogP contribution in [0.1, 0.15) is 27.2 Å². The zero-order valence-corrected chi connectivity index (χ0v) is 9.99. The highest BCUT2D eigenvalue weighted by Crippen LogP contribution is 2.11. The molecule has 1 aliphatic heterocycles. The Morgan fingerprint density at radius 3 is 2.53 bits per heavy atom. The fourth-order valence-corrected chi connectivity index (χ4v) is 1.58. The van der Waals surface area contributed by atoms with Gasteiger partial charge in [-0.15, -0.1) is 0 Å². The van der Waals surface area contributed by atoms with Crippen LogP contribution >= 0.6 is 0 Å². The van der Waals surface area contributed by atoms with Crippen LogP contribution in [-0.2, 0) is 14.2 Å². The van der Waals surface area contributed by atoms with Crippen molar-refractivity contribution in [1.29, 1.82) is 0 Å². The molecule has 0 bridgehead atoms. The Bertz CT molecular complexity index is 158. The summed E-state index contributed by atoms with van der Waals surface area (Å²) < 4.78 is 16.4. The SMILES string of the molecule is CCNC(COC(C)C)CC1OCCO1. The summed E-state index contributed by atoms with van der Waals surface area (Å²) in [5.74, 6) is 0. The van der Waals surface area contributed by atoms with Gasteiger partial charge in [0, 0.05) is 12.5 Å². The molecule has 1 fully saturated rings. The molecule has 0 radical (unpaired) electrons. The quantitative estimate of drug-likeness (QED) is 0.694. The van der Waals surface area contributed by atoms with Crippen molar-refractivity contribution >= 4 is 0 Å². The summed E-state index contributed by atoms with van der Waals surface area (Å²) in [6, 6.07) is 0.320. The minimum absolute atomic E-state index is 0.0511. The van der Waals surface area contributed by atoms with E-state index in [0.717, 1.165) is 13.0 Å². The van der Waals surface area contributed by atoms with E-state index < -0.39 is 0 Å². The molecule has 0 saturated carbocycles. The van der Waals surface area contributed by atoms with Crippen molar-refractivity contribution < 1.29 is 14.2 Å². The molecule has 1 rings (SSSR count). The van der Waals surface area contributed by atoms with E-state index in [1.807, 2.05) is 13.8 Å². The lowest BCUT2D eigenvalue weighted by Gasteiger charge is -2.21. The summed E-state index contributed by atoms with van der Waals surface area (Å²) in [5, 5.41) is 3.38. The highest BCUT2D eigenvalue weighted by atomic mass is 16.7. The number of ether oxygens (including phenoxy) is 3. The van der Waals surface area contributed by atoms with Crippen LogP contribution in [0, 0.1) is 0 Å². The molecule has 0 spiro atoms.